The molecule has 2 nitrogen and oxygen atoms in total. The zero-order valence-electron chi connectivity index (χ0n) is 10.2. The first-order valence-electron chi connectivity index (χ1n) is 5.48. The molecule has 0 radical (unpaired) electrons. The van der Waals surface area contributed by atoms with E-state index in [1.165, 1.54) is 0 Å². The van der Waals surface area contributed by atoms with Crippen LogP contribution in [-0.2, 0) is 4.79 Å². The summed E-state index contributed by atoms with van der Waals surface area (Å²) < 4.78 is 0. The molecule has 0 N–H and O–H groups in total. The Morgan fingerprint density at radius 3 is 2.38 bits per heavy atom. The quantitative estimate of drug-likeness (QED) is 0.777. The van der Waals surface area contributed by atoms with Gasteiger partial charge in [0.25, 0.3) is 0 Å². The summed E-state index contributed by atoms with van der Waals surface area (Å²) in [5.41, 5.74) is 3.00. The van der Waals surface area contributed by atoms with Crippen molar-refractivity contribution in [3.63, 3.8) is 0 Å². The van der Waals surface area contributed by atoms with E-state index in [4.69, 9.17) is 5.26 Å². The third-order valence-electron chi connectivity index (χ3n) is 2.72. The van der Waals surface area contributed by atoms with E-state index in [1.807, 2.05) is 45.9 Å². The molecule has 0 aromatic heterocycles. The molecule has 0 amide bonds. The van der Waals surface area contributed by atoms with Gasteiger partial charge in [-0.1, -0.05) is 37.6 Å². The lowest BCUT2D eigenvalue weighted by Crippen LogP contribution is -2.17. The van der Waals surface area contributed by atoms with Gasteiger partial charge in [-0.15, -0.1) is 0 Å². The third-order valence-corrected chi connectivity index (χ3v) is 2.72. The highest BCUT2D eigenvalue weighted by atomic mass is 16.1. The fourth-order valence-corrected chi connectivity index (χ4v) is 1.77. The summed E-state index contributed by atoms with van der Waals surface area (Å²) in [7, 11) is 0. The van der Waals surface area contributed by atoms with Crippen LogP contribution in [0.4, 0.5) is 0 Å². The van der Waals surface area contributed by atoms with Gasteiger partial charge in [-0.2, -0.15) is 5.26 Å². The summed E-state index contributed by atoms with van der Waals surface area (Å²) in [6.07, 6.45) is 0. The molecule has 0 fully saturated rings. The lowest BCUT2D eigenvalue weighted by atomic mass is 9.87. The van der Waals surface area contributed by atoms with Crippen LogP contribution in [0.2, 0.25) is 0 Å². The third kappa shape index (κ3) is 2.49. The number of hydrogen-bond acceptors (Lipinski definition) is 2. The summed E-state index contributed by atoms with van der Waals surface area (Å²) in [4.78, 5) is 11.9. The Balaban J connectivity index is 3.15. The van der Waals surface area contributed by atoms with Gasteiger partial charge in [0.1, 0.15) is 5.92 Å². The van der Waals surface area contributed by atoms with Crippen molar-refractivity contribution in [2.24, 2.45) is 5.92 Å². The van der Waals surface area contributed by atoms with Crippen molar-refractivity contribution in [2.45, 2.75) is 33.6 Å². The Bertz CT molecular complexity index is 441. The number of carbonyl (C=O) groups is 1. The monoisotopic (exact) mass is 215 g/mol. The minimum atomic E-state index is -0.624. The van der Waals surface area contributed by atoms with Crippen LogP contribution in [-0.4, -0.2) is 5.78 Å². The van der Waals surface area contributed by atoms with Crippen LogP contribution in [0.1, 0.15) is 36.5 Å². The van der Waals surface area contributed by atoms with Crippen LogP contribution >= 0.6 is 0 Å². The molecule has 0 saturated heterocycles. The van der Waals surface area contributed by atoms with Crippen LogP contribution in [0.15, 0.2) is 18.2 Å². The molecule has 0 bridgehead atoms. The first kappa shape index (κ1) is 12.4. The molecule has 84 valence electrons. The van der Waals surface area contributed by atoms with Crippen LogP contribution in [0.25, 0.3) is 0 Å². The van der Waals surface area contributed by atoms with E-state index >= 15 is 0 Å². The van der Waals surface area contributed by atoms with Crippen molar-refractivity contribution in [1.29, 1.82) is 5.26 Å². The van der Waals surface area contributed by atoms with Gasteiger partial charge in [-0.3, -0.25) is 4.79 Å². The van der Waals surface area contributed by atoms with Crippen LogP contribution in [0.3, 0.4) is 0 Å². The molecule has 1 unspecified atom stereocenters. The number of benzene rings is 1. The summed E-state index contributed by atoms with van der Waals surface area (Å²) in [5.74, 6) is -0.736. The molecule has 0 spiro atoms. The summed E-state index contributed by atoms with van der Waals surface area (Å²) in [5, 5.41) is 9.12. The lowest BCUT2D eigenvalue weighted by Gasteiger charge is -2.14. The molecule has 0 aliphatic heterocycles. The van der Waals surface area contributed by atoms with Gasteiger partial charge in [0.15, 0.2) is 5.78 Å². The van der Waals surface area contributed by atoms with Gasteiger partial charge in [-0.05, 0) is 25.0 Å². The van der Waals surface area contributed by atoms with E-state index in [1.54, 1.807) is 0 Å². The Morgan fingerprint density at radius 2 is 1.94 bits per heavy atom. The second-order valence-corrected chi connectivity index (χ2v) is 4.48. The zero-order chi connectivity index (χ0) is 12.3. The molecule has 0 aliphatic rings. The largest absolute Gasteiger partial charge is 0.298 e. The summed E-state index contributed by atoms with van der Waals surface area (Å²) in [6, 6.07) is 7.95. The first-order valence-corrected chi connectivity index (χ1v) is 5.48. The predicted molar refractivity (Wildman–Crippen MR) is 64.1 cm³/mol. The molecule has 16 heavy (non-hydrogen) atoms. The Labute approximate surface area is 96.9 Å². The average Bonchev–Trinajstić information content (AvgIpc) is 2.21. The van der Waals surface area contributed by atoms with E-state index in [0.29, 0.717) is 0 Å². The fraction of sp³-hybridized carbons (Fsp3) is 0.429. The Hall–Kier alpha value is -1.62. The van der Waals surface area contributed by atoms with E-state index < -0.39 is 5.92 Å². The second kappa shape index (κ2) is 4.94. The van der Waals surface area contributed by atoms with Crippen molar-refractivity contribution in [3.8, 4) is 6.07 Å². The number of Topliss-reactive ketones (excluding diaryl/α,β-unsaturated/α-hetero) is 1. The number of nitriles is 1. The lowest BCUT2D eigenvalue weighted by molar-refractivity contribution is -0.122. The predicted octanol–water partition coefficient (Wildman–Crippen LogP) is 3.14. The van der Waals surface area contributed by atoms with Crippen LogP contribution < -0.4 is 0 Å². The number of hydrogen-bond donors (Lipinski definition) is 0. The van der Waals surface area contributed by atoms with E-state index in [2.05, 4.69) is 6.07 Å². The number of nitrogens with zero attached hydrogens (tertiary/aromatic N) is 1. The second-order valence-electron chi connectivity index (χ2n) is 4.48. The molecule has 1 aromatic rings. The zero-order valence-corrected chi connectivity index (χ0v) is 10.2. The molecule has 1 rings (SSSR count). The molecular weight excluding hydrogens is 198 g/mol. The van der Waals surface area contributed by atoms with Crippen molar-refractivity contribution in [1.82, 2.24) is 0 Å². The van der Waals surface area contributed by atoms with E-state index in [-0.39, 0.29) is 11.7 Å². The summed E-state index contributed by atoms with van der Waals surface area (Å²) >= 11 is 0. The topological polar surface area (TPSA) is 40.9 Å². The number of ketones is 1. The van der Waals surface area contributed by atoms with Gasteiger partial charge < -0.3 is 0 Å². The maximum atomic E-state index is 11.9. The van der Waals surface area contributed by atoms with Gasteiger partial charge in [0.05, 0.1) is 6.07 Å². The standard InChI is InChI=1S/C14H17NO/c1-9(2)14(16)13(8-15)12-6-5-10(3)7-11(12)4/h5-7,9,13H,1-4H3. The molecule has 1 aromatic carbocycles. The smallest absolute Gasteiger partial charge is 0.156 e. The normalized spacial score (nSPS) is 12.2. The molecular formula is C14H17NO. The average molecular weight is 215 g/mol. The highest BCUT2D eigenvalue weighted by molar-refractivity contribution is 5.90. The van der Waals surface area contributed by atoms with Gasteiger partial charge in [0, 0.05) is 5.92 Å². The molecule has 1 atom stereocenters. The number of carbonyl (C=O) groups excluding carboxylic acids is 1. The molecule has 0 saturated carbocycles. The number of rotatable bonds is 3. The van der Waals surface area contributed by atoms with Gasteiger partial charge in [-0.25, -0.2) is 0 Å². The highest BCUT2D eigenvalue weighted by Crippen LogP contribution is 2.23. The fourth-order valence-electron chi connectivity index (χ4n) is 1.77. The van der Waals surface area contributed by atoms with Crippen LogP contribution in [0.5, 0.6) is 0 Å². The molecule has 0 aliphatic carbocycles. The Kier molecular flexibility index (Phi) is 3.84. The maximum Gasteiger partial charge on any atom is 0.156 e. The minimum Gasteiger partial charge on any atom is -0.298 e. The maximum absolute atomic E-state index is 11.9. The molecule has 2 heteroatoms. The highest BCUT2D eigenvalue weighted by Gasteiger charge is 2.23. The van der Waals surface area contributed by atoms with Gasteiger partial charge in [0.2, 0.25) is 0 Å². The van der Waals surface area contributed by atoms with Crippen molar-refractivity contribution in [2.75, 3.05) is 0 Å². The van der Waals surface area contributed by atoms with Gasteiger partial charge >= 0.3 is 0 Å². The number of aryl methyl sites for hydroxylation is 2. The van der Waals surface area contributed by atoms with Crippen molar-refractivity contribution < 1.29 is 4.79 Å². The van der Waals surface area contributed by atoms with Crippen molar-refractivity contribution >= 4 is 5.78 Å². The van der Waals surface area contributed by atoms with E-state index in [0.717, 1.165) is 16.7 Å². The van der Waals surface area contributed by atoms with Crippen molar-refractivity contribution in [3.05, 3.63) is 34.9 Å². The Morgan fingerprint density at radius 1 is 1.31 bits per heavy atom. The summed E-state index contributed by atoms with van der Waals surface area (Å²) in [6.45, 7) is 7.61. The SMILES string of the molecule is Cc1ccc(C(C#N)C(=O)C(C)C)c(C)c1. The molecule has 0 heterocycles. The minimum absolute atomic E-state index is 0.00514. The first-order chi connectivity index (χ1) is 7.47. The van der Waals surface area contributed by atoms with E-state index in [9.17, 15) is 4.79 Å². The van der Waals surface area contributed by atoms with Crippen LogP contribution in [0, 0.1) is 31.1 Å².